The van der Waals surface area contributed by atoms with Gasteiger partial charge in [0.15, 0.2) is 12.1 Å². The van der Waals surface area contributed by atoms with E-state index in [0.717, 1.165) is 12.0 Å². The number of aliphatic hydroxyl groups is 1. The Kier molecular flexibility index (Phi) is 12.4. The van der Waals surface area contributed by atoms with E-state index < -0.39 is 41.8 Å². The summed E-state index contributed by atoms with van der Waals surface area (Å²) in [5.41, 5.74) is 0.433. The summed E-state index contributed by atoms with van der Waals surface area (Å²) < 4.78 is 45.3. The first-order valence-electron chi connectivity index (χ1n) is 19.6. The number of oxime groups is 1. The van der Waals surface area contributed by atoms with Crippen molar-refractivity contribution in [3.63, 3.8) is 0 Å². The van der Waals surface area contributed by atoms with Gasteiger partial charge < -0.3 is 48.8 Å². The zero-order valence-electron chi connectivity index (χ0n) is 32.9. The zero-order valence-corrected chi connectivity index (χ0v) is 32.9. The first kappa shape index (κ1) is 40.2. The Morgan fingerprint density at radius 2 is 1.89 bits per heavy atom. The normalized spacial score (nSPS) is 47.3. The van der Waals surface area contributed by atoms with E-state index in [1.807, 2.05) is 26.1 Å². The molecule has 8 unspecified atom stereocenters. The van der Waals surface area contributed by atoms with Gasteiger partial charge in [-0.1, -0.05) is 63.2 Å². The fourth-order valence-corrected chi connectivity index (χ4v) is 9.58. The summed E-state index contributed by atoms with van der Waals surface area (Å²) in [5, 5.41) is 29.3. The van der Waals surface area contributed by atoms with E-state index in [1.54, 1.807) is 26.2 Å². The van der Waals surface area contributed by atoms with Gasteiger partial charge in [-0.2, -0.15) is 0 Å². The molecule has 1 spiro atoms. The number of allylic oxidation sites excluding steroid dienone is 2. The van der Waals surface area contributed by atoms with Crippen molar-refractivity contribution in [2.45, 2.75) is 153 Å². The first-order chi connectivity index (χ1) is 25.2. The van der Waals surface area contributed by atoms with Gasteiger partial charge in [0, 0.05) is 38.7 Å². The molecule has 2 bridgehead atoms. The average Bonchev–Trinajstić information content (AvgIpc) is 3.45. The molecular formula is C41H62N2O10. The van der Waals surface area contributed by atoms with Gasteiger partial charge >= 0.3 is 5.97 Å². The summed E-state index contributed by atoms with van der Waals surface area (Å²) in [4.78, 5) is 14.3. The fraction of sp³-hybridized carbons (Fsp3) is 0.756. The molecule has 6 rings (SSSR count). The molecule has 0 radical (unpaired) electrons. The highest BCUT2D eigenvalue weighted by Crippen LogP contribution is 2.47. The smallest absolute Gasteiger partial charge is 0.316 e. The molecule has 12 nitrogen and oxygen atoms in total. The average molecular weight is 743 g/mol. The highest BCUT2D eigenvalue weighted by atomic mass is 16.7. The third-order valence-electron chi connectivity index (χ3n) is 12.5. The molecule has 4 saturated heterocycles. The highest BCUT2D eigenvalue weighted by Gasteiger charge is 2.60. The number of hydrogen-bond acceptors (Lipinski definition) is 12. The van der Waals surface area contributed by atoms with Crippen molar-refractivity contribution in [2.75, 3.05) is 20.8 Å². The van der Waals surface area contributed by atoms with Crippen molar-refractivity contribution in [1.82, 2.24) is 5.32 Å². The molecule has 0 aromatic heterocycles. The molecule has 3 N–H and O–H groups in total. The quantitative estimate of drug-likeness (QED) is 0.145. The van der Waals surface area contributed by atoms with Crippen molar-refractivity contribution in [1.29, 1.82) is 0 Å². The molecule has 5 heterocycles. The standard InChI is InChI=1S/C41H62N2O10/c1-22(2)36-25(5)15-16-40(53-36)20-30-18-29(52-40)14-13-24(4)37(51-33-19-32(47-9)35(42-8)27(7)49-33)23(3)11-10-12-28-21-48-38-34(43-46)26(6)17-31(39(44)50-30)41(28,38)45/h10-13,17,22-23,25,27,29-33,35-38,42,45-46H,14-16,18-21H2,1-9H3/b11-10+,24-13+,28-12+,43-34+/t23?,25-,27-,29?,30?,31?,32-,33?,35-,36?,37+,38?,40?,41-/m1/s1. The summed E-state index contributed by atoms with van der Waals surface area (Å²) in [6.45, 7) is 14.5. The number of fused-ring (bicyclic) bond motifs is 2. The molecule has 0 amide bonds. The van der Waals surface area contributed by atoms with Crippen LogP contribution in [-0.2, 0) is 38.0 Å². The third-order valence-corrected chi connectivity index (χ3v) is 12.5. The molecule has 296 valence electrons. The number of nitrogens with one attached hydrogen (secondary N) is 1. The Morgan fingerprint density at radius 3 is 2.58 bits per heavy atom. The molecule has 6 aliphatic rings. The van der Waals surface area contributed by atoms with Crippen LogP contribution in [0.25, 0.3) is 0 Å². The maximum Gasteiger partial charge on any atom is 0.316 e. The topological polar surface area (TPSA) is 147 Å². The number of likely N-dealkylation sites (N-methyl/N-ethyl adjacent to an activating group) is 1. The van der Waals surface area contributed by atoms with Gasteiger partial charge in [0.05, 0.1) is 43.2 Å². The number of esters is 1. The van der Waals surface area contributed by atoms with Gasteiger partial charge in [0.2, 0.25) is 0 Å². The number of nitrogens with zero attached hydrogens (tertiary/aromatic N) is 1. The lowest BCUT2D eigenvalue weighted by Gasteiger charge is -2.50. The molecule has 0 aromatic rings. The Labute approximate surface area is 314 Å². The molecule has 14 atom stereocenters. The Bertz CT molecular complexity index is 1490. The largest absolute Gasteiger partial charge is 0.462 e. The summed E-state index contributed by atoms with van der Waals surface area (Å²) in [6.07, 6.45) is 10.2. The van der Waals surface area contributed by atoms with Gasteiger partial charge in [-0.25, -0.2) is 0 Å². The lowest BCUT2D eigenvalue weighted by Crippen LogP contribution is -2.57. The van der Waals surface area contributed by atoms with Crippen molar-refractivity contribution in [3.8, 4) is 0 Å². The van der Waals surface area contributed by atoms with Gasteiger partial charge in [-0.15, -0.1) is 0 Å². The Balaban J connectivity index is 1.38. The van der Waals surface area contributed by atoms with Crippen LogP contribution >= 0.6 is 0 Å². The number of hydrogen-bond donors (Lipinski definition) is 3. The second-order valence-corrected chi connectivity index (χ2v) is 16.6. The van der Waals surface area contributed by atoms with Crippen LogP contribution in [0.1, 0.15) is 87.0 Å². The molecule has 0 saturated carbocycles. The summed E-state index contributed by atoms with van der Waals surface area (Å²) >= 11 is 0. The van der Waals surface area contributed by atoms with Crippen LogP contribution in [0.4, 0.5) is 0 Å². The summed E-state index contributed by atoms with van der Waals surface area (Å²) in [7, 11) is 3.63. The van der Waals surface area contributed by atoms with Crippen molar-refractivity contribution in [3.05, 3.63) is 47.1 Å². The minimum atomic E-state index is -1.82. The van der Waals surface area contributed by atoms with Crippen LogP contribution in [0.5, 0.6) is 0 Å². The molecule has 1 aliphatic carbocycles. The number of ether oxygens (including phenoxy) is 7. The third kappa shape index (κ3) is 7.98. The van der Waals surface area contributed by atoms with E-state index in [-0.39, 0.29) is 60.7 Å². The van der Waals surface area contributed by atoms with Gasteiger partial charge in [0.1, 0.15) is 29.4 Å². The van der Waals surface area contributed by atoms with Crippen LogP contribution in [0, 0.1) is 23.7 Å². The van der Waals surface area contributed by atoms with Crippen molar-refractivity contribution >= 4 is 11.7 Å². The monoisotopic (exact) mass is 742 g/mol. The van der Waals surface area contributed by atoms with Gasteiger partial charge in [-0.3, -0.25) is 4.79 Å². The molecule has 12 heteroatoms. The van der Waals surface area contributed by atoms with Crippen LogP contribution < -0.4 is 5.32 Å². The lowest BCUT2D eigenvalue weighted by atomic mass is 9.71. The molecule has 53 heavy (non-hydrogen) atoms. The molecule has 5 aliphatic heterocycles. The lowest BCUT2D eigenvalue weighted by molar-refractivity contribution is -0.340. The molecule has 0 aromatic carbocycles. The van der Waals surface area contributed by atoms with E-state index in [0.29, 0.717) is 49.2 Å². The fourth-order valence-electron chi connectivity index (χ4n) is 9.58. The van der Waals surface area contributed by atoms with Crippen LogP contribution in [-0.4, -0.2) is 109 Å². The predicted molar refractivity (Wildman–Crippen MR) is 198 cm³/mol. The van der Waals surface area contributed by atoms with Crippen molar-refractivity contribution in [2.24, 2.45) is 28.8 Å². The van der Waals surface area contributed by atoms with E-state index >= 15 is 0 Å². The van der Waals surface area contributed by atoms with Crippen LogP contribution in [0.15, 0.2) is 52.3 Å². The number of carbonyl (C=O) groups is 1. The zero-order chi connectivity index (χ0) is 38.2. The predicted octanol–water partition coefficient (Wildman–Crippen LogP) is 5.37. The number of methoxy groups -OCH3 is 1. The minimum Gasteiger partial charge on any atom is -0.462 e. The van der Waals surface area contributed by atoms with E-state index in [1.165, 1.54) is 0 Å². The Morgan fingerprint density at radius 1 is 1.11 bits per heavy atom. The number of carbonyl (C=O) groups excluding carboxylic acids is 1. The van der Waals surface area contributed by atoms with Gasteiger partial charge in [-0.05, 0) is 69.2 Å². The van der Waals surface area contributed by atoms with Crippen LogP contribution in [0.3, 0.4) is 0 Å². The van der Waals surface area contributed by atoms with E-state index in [2.05, 4.69) is 51.2 Å². The van der Waals surface area contributed by atoms with E-state index in [4.69, 9.17) is 33.2 Å². The molecular weight excluding hydrogens is 680 g/mol. The maximum atomic E-state index is 14.3. The molecule has 4 fully saturated rings. The highest BCUT2D eigenvalue weighted by molar-refractivity contribution is 6.06. The maximum absolute atomic E-state index is 14.3. The van der Waals surface area contributed by atoms with Crippen LogP contribution in [0.2, 0.25) is 0 Å². The number of rotatable bonds is 5. The van der Waals surface area contributed by atoms with Crippen molar-refractivity contribution < 1.29 is 48.3 Å². The first-order valence-corrected chi connectivity index (χ1v) is 19.6. The second kappa shape index (κ2) is 16.4. The van der Waals surface area contributed by atoms with Gasteiger partial charge in [0.25, 0.3) is 0 Å². The SMILES string of the molecule is CN[C@@H]1[C@@H](C)OC(O[C@@H]2/C(C)=C/CC3CC(CC4(CC[C@@H](C)C(C(C)C)O4)O3)OC(=O)C3C=C(C)/C(=N\O)C4OC/C(=C\C=C\C2C)[C@@]34O)C[C@H]1OC. The van der Waals surface area contributed by atoms with E-state index in [9.17, 15) is 15.1 Å². The minimum absolute atomic E-state index is 0.000594. The summed E-state index contributed by atoms with van der Waals surface area (Å²) in [6, 6.07) is 0.0393. The summed E-state index contributed by atoms with van der Waals surface area (Å²) in [5.74, 6) is -2.01. The Hall–Kier alpha value is -2.42. The second-order valence-electron chi connectivity index (χ2n) is 16.6.